The summed E-state index contributed by atoms with van der Waals surface area (Å²) >= 11 is 6.03. The van der Waals surface area contributed by atoms with Gasteiger partial charge in [0.15, 0.2) is 0 Å². The van der Waals surface area contributed by atoms with Gasteiger partial charge in [-0.3, -0.25) is 4.98 Å². The maximum absolute atomic E-state index is 13.3. The highest BCUT2D eigenvalue weighted by atomic mass is 35.5. The molecule has 0 aliphatic carbocycles. The average molecular weight is 411 g/mol. The summed E-state index contributed by atoms with van der Waals surface area (Å²) in [7, 11) is 0. The highest BCUT2D eigenvalue weighted by Crippen LogP contribution is 2.35. The molecule has 2 N–H and O–H groups in total. The lowest BCUT2D eigenvalue weighted by molar-refractivity contribution is -0.140. The van der Waals surface area contributed by atoms with E-state index in [1.165, 1.54) is 18.2 Å². The lowest BCUT2D eigenvalue weighted by Crippen LogP contribution is -2.60. The molecule has 3 heterocycles. The standard InChI is InChI=1S/C19H15ClF4N4/c20-11-1-3-14-13(5-11)15(6-17(28-14)19(22,23)24)27-10-18(8-25-9-18)16-4-2-12(21)7-26-16/h1-7,25H,8-10H2,(H,27,28). The quantitative estimate of drug-likeness (QED) is 0.626. The topological polar surface area (TPSA) is 49.8 Å². The molecule has 1 aliphatic rings. The molecule has 0 bridgehead atoms. The normalized spacial score (nSPS) is 16.0. The van der Waals surface area contributed by atoms with Crippen molar-refractivity contribution < 1.29 is 17.6 Å². The van der Waals surface area contributed by atoms with E-state index in [1.54, 1.807) is 12.1 Å². The van der Waals surface area contributed by atoms with Crippen molar-refractivity contribution >= 4 is 28.2 Å². The zero-order chi connectivity index (χ0) is 19.9. The molecule has 2 aromatic heterocycles. The predicted octanol–water partition coefficient (Wildman–Crippen LogP) is 4.39. The Morgan fingerprint density at radius 3 is 2.54 bits per heavy atom. The van der Waals surface area contributed by atoms with Gasteiger partial charge in [-0.25, -0.2) is 9.37 Å². The molecule has 0 atom stereocenters. The third kappa shape index (κ3) is 3.49. The molecule has 0 unspecified atom stereocenters. The fourth-order valence-electron chi connectivity index (χ4n) is 3.27. The van der Waals surface area contributed by atoms with Gasteiger partial charge < -0.3 is 10.6 Å². The molecule has 3 aromatic rings. The minimum Gasteiger partial charge on any atom is -0.383 e. The second-order valence-electron chi connectivity index (χ2n) is 6.81. The van der Waals surface area contributed by atoms with Gasteiger partial charge in [-0.2, -0.15) is 13.2 Å². The Morgan fingerprint density at radius 2 is 1.93 bits per heavy atom. The van der Waals surface area contributed by atoms with Gasteiger partial charge >= 0.3 is 6.18 Å². The number of hydrogen-bond acceptors (Lipinski definition) is 4. The molecule has 1 fully saturated rings. The Bertz CT molecular complexity index is 1020. The van der Waals surface area contributed by atoms with E-state index in [0.29, 0.717) is 35.7 Å². The summed E-state index contributed by atoms with van der Waals surface area (Å²) in [4.78, 5) is 7.85. The summed E-state index contributed by atoms with van der Waals surface area (Å²) in [5.74, 6) is -0.441. The fourth-order valence-corrected chi connectivity index (χ4v) is 3.44. The van der Waals surface area contributed by atoms with Crippen LogP contribution in [0.25, 0.3) is 10.9 Å². The van der Waals surface area contributed by atoms with E-state index in [0.717, 1.165) is 12.3 Å². The molecule has 0 saturated carbocycles. The first-order valence-electron chi connectivity index (χ1n) is 8.51. The van der Waals surface area contributed by atoms with E-state index in [4.69, 9.17) is 11.6 Å². The van der Waals surface area contributed by atoms with E-state index < -0.39 is 23.1 Å². The highest BCUT2D eigenvalue weighted by molar-refractivity contribution is 6.31. The van der Waals surface area contributed by atoms with Gasteiger partial charge in [0, 0.05) is 35.7 Å². The van der Waals surface area contributed by atoms with Crippen LogP contribution in [0.15, 0.2) is 42.6 Å². The fraction of sp³-hybridized carbons (Fsp3) is 0.263. The molecule has 1 aromatic carbocycles. The number of rotatable bonds is 4. The first-order chi connectivity index (χ1) is 13.3. The Balaban J connectivity index is 1.70. The number of alkyl halides is 3. The first-order valence-corrected chi connectivity index (χ1v) is 8.89. The monoisotopic (exact) mass is 410 g/mol. The summed E-state index contributed by atoms with van der Waals surface area (Å²) in [5, 5.41) is 7.15. The average Bonchev–Trinajstić information content (AvgIpc) is 2.61. The molecule has 0 spiro atoms. The third-order valence-corrected chi connectivity index (χ3v) is 5.11. The summed E-state index contributed by atoms with van der Waals surface area (Å²) < 4.78 is 53.0. The van der Waals surface area contributed by atoms with Crippen LogP contribution < -0.4 is 10.6 Å². The number of halogens is 5. The van der Waals surface area contributed by atoms with Crippen LogP contribution in [-0.4, -0.2) is 29.6 Å². The Kier molecular flexibility index (Phi) is 4.63. The van der Waals surface area contributed by atoms with Gasteiger partial charge in [0.2, 0.25) is 0 Å². The van der Waals surface area contributed by atoms with Crippen molar-refractivity contribution in [1.29, 1.82) is 0 Å². The third-order valence-electron chi connectivity index (χ3n) is 4.88. The lowest BCUT2D eigenvalue weighted by atomic mass is 9.78. The number of nitrogens with zero attached hydrogens (tertiary/aromatic N) is 2. The predicted molar refractivity (Wildman–Crippen MR) is 99.0 cm³/mol. The van der Waals surface area contributed by atoms with Crippen molar-refractivity contribution in [3.63, 3.8) is 0 Å². The van der Waals surface area contributed by atoms with Crippen LogP contribution in [0.2, 0.25) is 5.02 Å². The van der Waals surface area contributed by atoms with Crippen molar-refractivity contribution in [1.82, 2.24) is 15.3 Å². The van der Waals surface area contributed by atoms with Gasteiger partial charge in [-0.05, 0) is 36.4 Å². The molecule has 9 heteroatoms. The maximum Gasteiger partial charge on any atom is 0.433 e. The van der Waals surface area contributed by atoms with Crippen LogP contribution in [0, 0.1) is 5.82 Å². The van der Waals surface area contributed by atoms with Crippen LogP contribution >= 0.6 is 11.6 Å². The van der Waals surface area contributed by atoms with Crippen LogP contribution in [0.1, 0.15) is 11.4 Å². The van der Waals surface area contributed by atoms with Gasteiger partial charge in [-0.15, -0.1) is 0 Å². The van der Waals surface area contributed by atoms with Gasteiger partial charge in [0.1, 0.15) is 11.5 Å². The van der Waals surface area contributed by atoms with Crippen LogP contribution in [-0.2, 0) is 11.6 Å². The van der Waals surface area contributed by atoms with Crippen molar-refractivity contribution in [3.05, 3.63) is 64.8 Å². The number of aromatic nitrogens is 2. The Labute approximate surface area is 162 Å². The molecule has 1 saturated heterocycles. The minimum absolute atomic E-state index is 0.197. The summed E-state index contributed by atoms with van der Waals surface area (Å²) in [6.45, 7) is 1.48. The molecule has 4 nitrogen and oxygen atoms in total. The van der Waals surface area contributed by atoms with E-state index >= 15 is 0 Å². The first kappa shape index (κ1) is 18.9. The van der Waals surface area contributed by atoms with Gasteiger partial charge in [0.25, 0.3) is 0 Å². The van der Waals surface area contributed by atoms with E-state index in [1.807, 2.05) is 0 Å². The number of nitrogens with one attached hydrogen (secondary N) is 2. The second kappa shape index (κ2) is 6.86. The molecular formula is C19H15ClF4N4. The van der Waals surface area contributed by atoms with Crippen LogP contribution in [0.5, 0.6) is 0 Å². The molecule has 4 rings (SSSR count). The Morgan fingerprint density at radius 1 is 1.14 bits per heavy atom. The molecule has 146 valence electrons. The lowest BCUT2D eigenvalue weighted by Gasteiger charge is -2.42. The number of anilines is 1. The minimum atomic E-state index is -4.57. The van der Waals surface area contributed by atoms with Crippen LogP contribution in [0.3, 0.4) is 0 Å². The molecule has 28 heavy (non-hydrogen) atoms. The van der Waals surface area contributed by atoms with E-state index in [9.17, 15) is 17.6 Å². The van der Waals surface area contributed by atoms with Gasteiger partial charge in [0.05, 0.1) is 22.8 Å². The zero-order valence-corrected chi connectivity index (χ0v) is 15.2. The summed E-state index contributed by atoms with van der Waals surface area (Å²) in [5.41, 5.74) is -0.269. The second-order valence-corrected chi connectivity index (χ2v) is 7.25. The number of benzene rings is 1. The van der Waals surface area contributed by atoms with Gasteiger partial charge in [-0.1, -0.05) is 11.6 Å². The van der Waals surface area contributed by atoms with E-state index in [2.05, 4.69) is 20.6 Å². The van der Waals surface area contributed by atoms with Crippen molar-refractivity contribution in [2.75, 3.05) is 25.0 Å². The van der Waals surface area contributed by atoms with Crippen molar-refractivity contribution in [2.45, 2.75) is 11.6 Å². The summed E-state index contributed by atoms with van der Waals surface area (Å²) in [6, 6.07) is 8.44. The Hall–Kier alpha value is -2.45. The number of pyridine rings is 2. The zero-order valence-electron chi connectivity index (χ0n) is 14.4. The van der Waals surface area contributed by atoms with Crippen LogP contribution in [0.4, 0.5) is 23.2 Å². The smallest absolute Gasteiger partial charge is 0.383 e. The largest absolute Gasteiger partial charge is 0.433 e. The van der Waals surface area contributed by atoms with E-state index in [-0.39, 0.29) is 11.2 Å². The SMILES string of the molecule is Fc1ccc(C2(CNc3cc(C(F)(F)F)nc4ccc(Cl)cc34)CNC2)nc1. The van der Waals surface area contributed by atoms with Crippen molar-refractivity contribution in [2.24, 2.45) is 0 Å². The number of hydrogen-bond donors (Lipinski definition) is 2. The highest BCUT2D eigenvalue weighted by Gasteiger charge is 2.40. The summed E-state index contributed by atoms with van der Waals surface area (Å²) in [6.07, 6.45) is -3.43. The maximum atomic E-state index is 13.3. The number of fused-ring (bicyclic) bond motifs is 1. The molecule has 0 amide bonds. The molecular weight excluding hydrogens is 396 g/mol. The molecule has 1 aliphatic heterocycles. The molecule has 0 radical (unpaired) electrons. The van der Waals surface area contributed by atoms with Crippen molar-refractivity contribution in [3.8, 4) is 0 Å².